The summed E-state index contributed by atoms with van der Waals surface area (Å²) in [5.41, 5.74) is -2.25. The molecule has 8 heteroatoms. The van der Waals surface area contributed by atoms with Crippen molar-refractivity contribution in [1.82, 2.24) is 0 Å². The van der Waals surface area contributed by atoms with Gasteiger partial charge in [-0.2, -0.15) is 0 Å². The van der Waals surface area contributed by atoms with Gasteiger partial charge in [0.25, 0.3) is 0 Å². The number of hydrogen-bond acceptors (Lipinski definition) is 8. The van der Waals surface area contributed by atoms with Crippen LogP contribution >= 0.6 is 0 Å². The standard InChI is InChI=1S/C17H20O8/c18-13(1-9-5-22-9)17(14(19)2-10-6-23-10,15(20)3-11-7-24-11)16(21)4-12-8-25-12/h9-12H,1-8H2. The summed E-state index contributed by atoms with van der Waals surface area (Å²) in [6.07, 6.45) is -1.67. The normalized spacial score (nSPS) is 33.9. The lowest BCUT2D eigenvalue weighted by atomic mass is 9.67. The highest BCUT2D eigenvalue weighted by Crippen LogP contribution is 2.37. The molecule has 0 aromatic heterocycles. The van der Waals surface area contributed by atoms with Crippen molar-refractivity contribution in [1.29, 1.82) is 0 Å². The predicted octanol–water partition coefficient (Wildman–Crippen LogP) is -0.595. The van der Waals surface area contributed by atoms with E-state index in [4.69, 9.17) is 18.9 Å². The highest BCUT2D eigenvalue weighted by atomic mass is 16.6. The Labute approximate surface area is 144 Å². The Balaban J connectivity index is 1.64. The fourth-order valence-electron chi connectivity index (χ4n) is 3.12. The minimum Gasteiger partial charge on any atom is -0.373 e. The second-order valence-electron chi connectivity index (χ2n) is 7.08. The van der Waals surface area contributed by atoms with Gasteiger partial charge in [-0.3, -0.25) is 19.2 Å². The third-order valence-electron chi connectivity index (χ3n) is 4.93. The summed E-state index contributed by atoms with van der Waals surface area (Å²) in [7, 11) is 0. The molecule has 0 saturated carbocycles. The molecule has 4 heterocycles. The van der Waals surface area contributed by atoms with Crippen LogP contribution in [-0.2, 0) is 38.1 Å². The van der Waals surface area contributed by atoms with Gasteiger partial charge in [-0.25, -0.2) is 0 Å². The van der Waals surface area contributed by atoms with E-state index in [1.165, 1.54) is 0 Å². The lowest BCUT2D eigenvalue weighted by molar-refractivity contribution is -0.155. The predicted molar refractivity (Wildman–Crippen MR) is 79.9 cm³/mol. The Morgan fingerprint density at radius 1 is 0.560 bits per heavy atom. The van der Waals surface area contributed by atoms with Gasteiger partial charge < -0.3 is 18.9 Å². The monoisotopic (exact) mass is 352 g/mol. The molecular formula is C17H20O8. The van der Waals surface area contributed by atoms with Crippen molar-refractivity contribution in [3.05, 3.63) is 0 Å². The maximum Gasteiger partial charge on any atom is 0.203 e. The second-order valence-corrected chi connectivity index (χ2v) is 7.08. The van der Waals surface area contributed by atoms with Gasteiger partial charge in [-0.1, -0.05) is 0 Å². The van der Waals surface area contributed by atoms with Crippen LogP contribution in [-0.4, -0.2) is 74.0 Å². The summed E-state index contributed by atoms with van der Waals surface area (Å²) >= 11 is 0. The molecule has 0 N–H and O–H groups in total. The van der Waals surface area contributed by atoms with Gasteiger partial charge in [0, 0.05) is 25.7 Å². The molecule has 0 bridgehead atoms. The molecule has 4 fully saturated rings. The molecule has 0 aliphatic carbocycles. The molecule has 0 amide bonds. The Hall–Kier alpha value is -1.48. The average Bonchev–Trinajstić information content (AvgIpc) is 3.38. The van der Waals surface area contributed by atoms with Crippen LogP contribution in [0.25, 0.3) is 0 Å². The number of ether oxygens (including phenoxy) is 4. The number of epoxide rings is 4. The molecule has 0 aromatic carbocycles. The SMILES string of the molecule is O=C(CC1CO1)C(C(=O)CC1CO1)(C(=O)CC1CO1)C(=O)CC1CO1. The van der Waals surface area contributed by atoms with Gasteiger partial charge in [-0.15, -0.1) is 0 Å². The first-order valence-corrected chi connectivity index (χ1v) is 8.59. The number of carbonyl (C=O) groups excluding carboxylic acids is 4. The first-order chi connectivity index (χ1) is 12.0. The van der Waals surface area contributed by atoms with E-state index in [9.17, 15) is 19.2 Å². The fraction of sp³-hybridized carbons (Fsp3) is 0.765. The number of hydrogen-bond donors (Lipinski definition) is 0. The van der Waals surface area contributed by atoms with E-state index < -0.39 is 28.5 Å². The molecule has 4 unspecified atom stereocenters. The molecule has 25 heavy (non-hydrogen) atoms. The van der Waals surface area contributed by atoms with Gasteiger partial charge in [-0.05, 0) is 0 Å². The molecule has 4 atom stereocenters. The zero-order valence-electron chi connectivity index (χ0n) is 13.7. The molecule has 0 aromatic rings. The van der Waals surface area contributed by atoms with Crippen LogP contribution in [0.2, 0.25) is 0 Å². The van der Waals surface area contributed by atoms with Crippen LogP contribution in [0.1, 0.15) is 25.7 Å². The smallest absolute Gasteiger partial charge is 0.203 e. The van der Waals surface area contributed by atoms with E-state index in [1.807, 2.05) is 0 Å². The van der Waals surface area contributed by atoms with Gasteiger partial charge in [0.1, 0.15) is 0 Å². The van der Waals surface area contributed by atoms with Crippen molar-refractivity contribution in [3.8, 4) is 0 Å². The maximum absolute atomic E-state index is 13.0. The molecular weight excluding hydrogens is 332 g/mol. The van der Waals surface area contributed by atoms with Gasteiger partial charge >= 0.3 is 0 Å². The fourth-order valence-corrected chi connectivity index (χ4v) is 3.12. The molecule has 0 radical (unpaired) electrons. The Morgan fingerprint density at radius 3 is 0.920 bits per heavy atom. The number of carbonyl (C=O) groups is 4. The van der Waals surface area contributed by atoms with Crippen molar-refractivity contribution in [3.63, 3.8) is 0 Å². The van der Waals surface area contributed by atoms with Crippen molar-refractivity contribution >= 4 is 23.1 Å². The largest absolute Gasteiger partial charge is 0.373 e. The van der Waals surface area contributed by atoms with Crippen LogP contribution in [0.5, 0.6) is 0 Å². The summed E-state index contributed by atoms with van der Waals surface area (Å²) in [6, 6.07) is 0. The van der Waals surface area contributed by atoms with Crippen LogP contribution in [0.4, 0.5) is 0 Å². The molecule has 4 saturated heterocycles. The number of ketones is 4. The first-order valence-electron chi connectivity index (χ1n) is 8.59. The topological polar surface area (TPSA) is 118 Å². The van der Waals surface area contributed by atoms with Gasteiger partial charge in [0.2, 0.25) is 5.41 Å². The summed E-state index contributed by atoms with van der Waals surface area (Å²) in [6.45, 7) is 1.62. The zero-order chi connectivity index (χ0) is 17.6. The van der Waals surface area contributed by atoms with E-state index in [2.05, 4.69) is 0 Å². The Kier molecular flexibility index (Phi) is 4.31. The van der Waals surface area contributed by atoms with Crippen molar-refractivity contribution in [2.75, 3.05) is 26.4 Å². The first kappa shape index (κ1) is 17.0. The molecule has 8 nitrogen and oxygen atoms in total. The van der Waals surface area contributed by atoms with Crippen molar-refractivity contribution in [2.45, 2.75) is 50.1 Å². The highest BCUT2D eigenvalue weighted by Gasteiger charge is 2.59. The highest BCUT2D eigenvalue weighted by molar-refractivity contribution is 6.39. The minimum atomic E-state index is -2.25. The average molecular weight is 352 g/mol. The van der Waals surface area contributed by atoms with E-state index in [0.29, 0.717) is 26.4 Å². The summed E-state index contributed by atoms with van der Waals surface area (Å²) < 4.78 is 20.3. The molecule has 4 rings (SSSR count). The van der Waals surface area contributed by atoms with Crippen LogP contribution < -0.4 is 0 Å². The molecule has 0 spiro atoms. The summed E-state index contributed by atoms with van der Waals surface area (Å²) in [5.74, 6) is -2.62. The third kappa shape index (κ3) is 3.72. The number of Topliss-reactive ketones (excluding diaryl/α,β-unsaturated/α-hetero) is 4. The molecule has 4 aliphatic heterocycles. The minimum absolute atomic E-state index is 0.105. The second kappa shape index (κ2) is 6.35. The van der Waals surface area contributed by atoms with Crippen molar-refractivity contribution in [2.24, 2.45) is 5.41 Å². The van der Waals surface area contributed by atoms with Gasteiger partial charge in [0.15, 0.2) is 23.1 Å². The van der Waals surface area contributed by atoms with E-state index in [-0.39, 0.29) is 50.1 Å². The lowest BCUT2D eigenvalue weighted by Crippen LogP contribution is -2.54. The number of rotatable bonds is 12. The lowest BCUT2D eigenvalue weighted by Gasteiger charge is -2.28. The molecule has 136 valence electrons. The van der Waals surface area contributed by atoms with E-state index >= 15 is 0 Å². The van der Waals surface area contributed by atoms with Crippen molar-refractivity contribution < 1.29 is 38.1 Å². The van der Waals surface area contributed by atoms with Crippen LogP contribution in [0.15, 0.2) is 0 Å². The quantitative estimate of drug-likeness (QED) is 0.338. The van der Waals surface area contributed by atoms with E-state index in [1.54, 1.807) is 0 Å². The molecule has 4 aliphatic rings. The summed E-state index contributed by atoms with van der Waals surface area (Å²) in [4.78, 5) is 51.9. The zero-order valence-corrected chi connectivity index (χ0v) is 13.7. The summed E-state index contributed by atoms with van der Waals surface area (Å²) in [5, 5.41) is 0. The van der Waals surface area contributed by atoms with Crippen LogP contribution in [0, 0.1) is 5.41 Å². The Morgan fingerprint density at radius 2 is 0.760 bits per heavy atom. The van der Waals surface area contributed by atoms with E-state index in [0.717, 1.165) is 0 Å². The maximum atomic E-state index is 13.0. The van der Waals surface area contributed by atoms with Crippen LogP contribution in [0.3, 0.4) is 0 Å². The Bertz CT molecular complexity index is 501. The van der Waals surface area contributed by atoms with Gasteiger partial charge in [0.05, 0.1) is 50.8 Å². The third-order valence-corrected chi connectivity index (χ3v) is 4.93.